The molecule has 1 aliphatic rings. The summed E-state index contributed by atoms with van der Waals surface area (Å²) in [6.45, 7) is 3.92. The molecule has 0 radical (unpaired) electrons. The number of rotatable bonds is 8. The predicted molar refractivity (Wildman–Crippen MR) is 113 cm³/mol. The summed E-state index contributed by atoms with van der Waals surface area (Å²) in [6.07, 6.45) is 4.53. The molecule has 0 N–H and O–H groups in total. The van der Waals surface area contributed by atoms with Crippen molar-refractivity contribution in [2.24, 2.45) is 0 Å². The molecular weight excluding hydrogens is 346 g/mol. The third-order valence-electron chi connectivity index (χ3n) is 5.50. The molecule has 4 heteroatoms. The molecule has 0 heterocycles. The minimum absolute atomic E-state index is 0.0776. The Kier molecular flexibility index (Phi) is 7.22. The fraction of sp³-hybridized carbons (Fsp3) is 0.417. The van der Waals surface area contributed by atoms with Gasteiger partial charge < -0.3 is 4.90 Å². The van der Waals surface area contributed by atoms with Gasteiger partial charge in [0.1, 0.15) is 0 Å². The SMILES string of the molecule is CCCN(CC(=O)N(CCC#N)c1ccccc1)C1CCc2ccccc2C1. The summed E-state index contributed by atoms with van der Waals surface area (Å²) in [6, 6.07) is 20.9. The van der Waals surface area contributed by atoms with E-state index in [1.54, 1.807) is 4.90 Å². The van der Waals surface area contributed by atoms with Gasteiger partial charge in [0, 0.05) is 18.3 Å². The van der Waals surface area contributed by atoms with Crippen LogP contribution in [0.1, 0.15) is 37.3 Å². The van der Waals surface area contributed by atoms with Crippen LogP contribution in [0.4, 0.5) is 5.69 Å². The number of nitriles is 1. The molecule has 3 rings (SSSR count). The third kappa shape index (κ3) is 4.99. The Morgan fingerprint density at radius 1 is 1.07 bits per heavy atom. The van der Waals surface area contributed by atoms with Crippen LogP contribution < -0.4 is 4.90 Å². The van der Waals surface area contributed by atoms with Crippen molar-refractivity contribution in [1.29, 1.82) is 5.26 Å². The number of carbonyl (C=O) groups excluding carboxylic acids is 1. The largest absolute Gasteiger partial charge is 0.310 e. The number of carbonyl (C=O) groups is 1. The van der Waals surface area contributed by atoms with E-state index in [0.717, 1.165) is 37.9 Å². The first kappa shape index (κ1) is 20.1. The number of amides is 1. The minimum atomic E-state index is 0.0776. The molecule has 0 saturated heterocycles. The van der Waals surface area contributed by atoms with Crippen molar-refractivity contribution in [3.63, 3.8) is 0 Å². The number of fused-ring (bicyclic) bond motifs is 1. The smallest absolute Gasteiger partial charge is 0.241 e. The van der Waals surface area contributed by atoms with E-state index in [4.69, 9.17) is 5.26 Å². The van der Waals surface area contributed by atoms with Crippen LogP contribution in [0.3, 0.4) is 0 Å². The van der Waals surface area contributed by atoms with Crippen LogP contribution in [-0.4, -0.2) is 36.5 Å². The molecule has 0 bridgehead atoms. The molecule has 1 aliphatic carbocycles. The Balaban J connectivity index is 1.73. The van der Waals surface area contributed by atoms with Crippen LogP contribution in [0.5, 0.6) is 0 Å². The van der Waals surface area contributed by atoms with Gasteiger partial charge in [-0.05, 0) is 55.5 Å². The second-order valence-electron chi connectivity index (χ2n) is 7.42. The van der Waals surface area contributed by atoms with Crippen LogP contribution in [0.25, 0.3) is 0 Å². The molecule has 2 aromatic carbocycles. The lowest BCUT2D eigenvalue weighted by atomic mass is 9.87. The minimum Gasteiger partial charge on any atom is -0.310 e. The second kappa shape index (κ2) is 10.1. The van der Waals surface area contributed by atoms with E-state index >= 15 is 0 Å². The average Bonchev–Trinajstić information content (AvgIpc) is 2.74. The number of benzene rings is 2. The molecule has 0 fully saturated rings. The molecule has 0 spiro atoms. The second-order valence-corrected chi connectivity index (χ2v) is 7.42. The number of hydrogen-bond donors (Lipinski definition) is 0. The molecule has 1 atom stereocenters. The summed E-state index contributed by atoms with van der Waals surface area (Å²) in [4.78, 5) is 17.3. The summed E-state index contributed by atoms with van der Waals surface area (Å²) >= 11 is 0. The Labute approximate surface area is 168 Å². The quantitative estimate of drug-likeness (QED) is 0.695. The van der Waals surface area contributed by atoms with Gasteiger partial charge in [0.15, 0.2) is 0 Å². The van der Waals surface area contributed by atoms with E-state index in [-0.39, 0.29) is 5.91 Å². The van der Waals surface area contributed by atoms with Crippen molar-refractivity contribution in [1.82, 2.24) is 4.90 Å². The van der Waals surface area contributed by atoms with E-state index in [0.29, 0.717) is 25.6 Å². The summed E-state index contributed by atoms with van der Waals surface area (Å²) in [5.41, 5.74) is 3.73. The van der Waals surface area contributed by atoms with Crippen molar-refractivity contribution in [2.75, 3.05) is 24.5 Å². The molecule has 2 aromatic rings. The van der Waals surface area contributed by atoms with Crippen molar-refractivity contribution in [2.45, 2.75) is 45.1 Å². The lowest BCUT2D eigenvalue weighted by molar-refractivity contribution is -0.120. The lowest BCUT2D eigenvalue weighted by Crippen LogP contribution is -2.47. The molecular formula is C24H29N3O. The molecule has 146 valence electrons. The predicted octanol–water partition coefficient (Wildman–Crippen LogP) is 4.20. The maximum Gasteiger partial charge on any atom is 0.241 e. The number of anilines is 1. The third-order valence-corrected chi connectivity index (χ3v) is 5.50. The highest BCUT2D eigenvalue weighted by molar-refractivity contribution is 5.94. The average molecular weight is 376 g/mol. The van der Waals surface area contributed by atoms with Gasteiger partial charge in [-0.2, -0.15) is 5.26 Å². The monoisotopic (exact) mass is 375 g/mol. The van der Waals surface area contributed by atoms with Gasteiger partial charge in [0.2, 0.25) is 5.91 Å². The lowest BCUT2D eigenvalue weighted by Gasteiger charge is -2.36. The Morgan fingerprint density at radius 3 is 2.50 bits per heavy atom. The van der Waals surface area contributed by atoms with Gasteiger partial charge in [-0.1, -0.05) is 49.4 Å². The maximum atomic E-state index is 13.2. The Bertz CT molecular complexity index is 812. The van der Waals surface area contributed by atoms with E-state index in [9.17, 15) is 4.79 Å². The topological polar surface area (TPSA) is 47.3 Å². The molecule has 1 amide bonds. The van der Waals surface area contributed by atoms with Gasteiger partial charge in [-0.3, -0.25) is 9.69 Å². The summed E-state index contributed by atoms with van der Waals surface area (Å²) in [5, 5.41) is 9.01. The molecule has 28 heavy (non-hydrogen) atoms. The summed E-state index contributed by atoms with van der Waals surface area (Å²) in [5.74, 6) is 0.0776. The van der Waals surface area contributed by atoms with Gasteiger partial charge in [0.05, 0.1) is 19.0 Å². The highest BCUT2D eigenvalue weighted by Gasteiger charge is 2.27. The van der Waals surface area contributed by atoms with Gasteiger partial charge in [-0.15, -0.1) is 0 Å². The standard InChI is InChI=1S/C24H29N3O/c1-2-16-26(23-14-13-20-9-6-7-10-21(20)18-23)19-24(28)27(17-8-15-25)22-11-4-3-5-12-22/h3-7,9-12,23H,2,8,13-14,16-19H2,1H3. The van der Waals surface area contributed by atoms with Crippen molar-refractivity contribution in [3.8, 4) is 6.07 Å². The van der Waals surface area contributed by atoms with Crippen molar-refractivity contribution >= 4 is 11.6 Å². The first-order chi connectivity index (χ1) is 13.7. The normalized spacial score (nSPS) is 15.7. The summed E-state index contributed by atoms with van der Waals surface area (Å²) < 4.78 is 0. The number of hydrogen-bond acceptors (Lipinski definition) is 3. The van der Waals surface area contributed by atoms with Crippen molar-refractivity contribution in [3.05, 3.63) is 65.7 Å². The first-order valence-corrected chi connectivity index (χ1v) is 10.3. The zero-order valence-corrected chi connectivity index (χ0v) is 16.7. The van der Waals surface area contributed by atoms with E-state index in [1.807, 2.05) is 30.3 Å². The molecule has 4 nitrogen and oxygen atoms in total. The molecule has 1 unspecified atom stereocenters. The van der Waals surface area contributed by atoms with Gasteiger partial charge in [-0.25, -0.2) is 0 Å². The van der Waals surface area contributed by atoms with Crippen LogP contribution in [0.2, 0.25) is 0 Å². The fourth-order valence-electron chi connectivity index (χ4n) is 4.09. The van der Waals surface area contributed by atoms with Crippen LogP contribution in [-0.2, 0) is 17.6 Å². The molecule has 0 saturated carbocycles. The van der Waals surface area contributed by atoms with Crippen molar-refractivity contribution < 1.29 is 4.79 Å². The number of para-hydroxylation sites is 1. The van der Waals surface area contributed by atoms with Crippen LogP contribution in [0.15, 0.2) is 54.6 Å². The molecule has 0 aromatic heterocycles. The highest BCUT2D eigenvalue weighted by Crippen LogP contribution is 2.25. The van der Waals surface area contributed by atoms with E-state index in [2.05, 4.69) is 42.2 Å². The summed E-state index contributed by atoms with van der Waals surface area (Å²) in [7, 11) is 0. The number of nitrogens with zero attached hydrogens (tertiary/aromatic N) is 3. The zero-order valence-electron chi connectivity index (χ0n) is 16.7. The zero-order chi connectivity index (χ0) is 19.8. The van der Waals surface area contributed by atoms with Gasteiger partial charge >= 0.3 is 0 Å². The fourth-order valence-corrected chi connectivity index (χ4v) is 4.09. The first-order valence-electron chi connectivity index (χ1n) is 10.3. The Hall–Kier alpha value is -2.64. The Morgan fingerprint density at radius 2 is 1.79 bits per heavy atom. The van der Waals surface area contributed by atoms with Gasteiger partial charge in [0.25, 0.3) is 0 Å². The van der Waals surface area contributed by atoms with Crippen LogP contribution in [0, 0.1) is 11.3 Å². The van der Waals surface area contributed by atoms with E-state index < -0.39 is 0 Å². The molecule has 0 aliphatic heterocycles. The number of aryl methyl sites for hydroxylation is 1. The highest BCUT2D eigenvalue weighted by atomic mass is 16.2. The van der Waals surface area contributed by atoms with E-state index in [1.165, 1.54) is 11.1 Å². The van der Waals surface area contributed by atoms with Crippen LogP contribution >= 0.6 is 0 Å². The maximum absolute atomic E-state index is 13.2.